The molecular weight excluding hydrogens is 256 g/mol. The molecule has 2 rings (SSSR count). The van der Waals surface area contributed by atoms with Gasteiger partial charge in [0.05, 0.1) is 12.2 Å². The molecule has 5 heteroatoms. The summed E-state index contributed by atoms with van der Waals surface area (Å²) in [4.78, 5) is 27.2. The van der Waals surface area contributed by atoms with Gasteiger partial charge in [-0.25, -0.2) is 4.79 Å². The molecule has 1 aliphatic rings. The highest BCUT2D eigenvalue weighted by molar-refractivity contribution is 6.00. The van der Waals surface area contributed by atoms with Gasteiger partial charge in [0.25, 0.3) is 5.91 Å². The van der Waals surface area contributed by atoms with Crippen LogP contribution in [0.5, 0.6) is 0 Å². The van der Waals surface area contributed by atoms with Crippen LogP contribution in [0.1, 0.15) is 58.8 Å². The summed E-state index contributed by atoms with van der Waals surface area (Å²) in [5, 5.41) is 2.99. The minimum absolute atomic E-state index is 0.152. The minimum Gasteiger partial charge on any atom is -0.462 e. The Hall–Kier alpha value is -1.78. The Bertz CT molecular complexity index is 529. The maximum absolute atomic E-state index is 12.3. The summed E-state index contributed by atoms with van der Waals surface area (Å²) in [6.07, 6.45) is 2.36. The first-order valence-electron chi connectivity index (χ1n) is 7.12. The van der Waals surface area contributed by atoms with Crippen LogP contribution >= 0.6 is 0 Å². The van der Waals surface area contributed by atoms with Crippen molar-refractivity contribution in [2.45, 2.75) is 46.6 Å². The molecule has 1 amide bonds. The zero-order valence-corrected chi connectivity index (χ0v) is 12.5. The van der Waals surface area contributed by atoms with E-state index in [0.717, 1.165) is 0 Å². The van der Waals surface area contributed by atoms with Gasteiger partial charge in [-0.15, -0.1) is 0 Å². The van der Waals surface area contributed by atoms with Gasteiger partial charge < -0.3 is 15.0 Å². The highest BCUT2D eigenvalue weighted by Crippen LogP contribution is 2.32. The summed E-state index contributed by atoms with van der Waals surface area (Å²) in [7, 11) is 0. The van der Waals surface area contributed by atoms with Gasteiger partial charge in [0.15, 0.2) is 0 Å². The number of rotatable bonds is 5. The summed E-state index contributed by atoms with van der Waals surface area (Å²) >= 11 is 0. The van der Waals surface area contributed by atoms with E-state index in [4.69, 9.17) is 4.74 Å². The van der Waals surface area contributed by atoms with Crippen molar-refractivity contribution in [3.63, 3.8) is 0 Å². The Labute approximate surface area is 119 Å². The molecule has 1 atom stereocenters. The van der Waals surface area contributed by atoms with E-state index in [1.54, 1.807) is 20.8 Å². The molecule has 1 heterocycles. The van der Waals surface area contributed by atoms with Crippen molar-refractivity contribution in [2.24, 2.45) is 5.92 Å². The Balaban J connectivity index is 2.17. The van der Waals surface area contributed by atoms with E-state index in [2.05, 4.69) is 10.3 Å². The fraction of sp³-hybridized carbons (Fsp3) is 0.600. The first-order chi connectivity index (χ1) is 9.45. The largest absolute Gasteiger partial charge is 0.462 e. The van der Waals surface area contributed by atoms with Crippen molar-refractivity contribution in [1.82, 2.24) is 10.3 Å². The molecule has 0 spiro atoms. The van der Waals surface area contributed by atoms with E-state index in [1.165, 1.54) is 12.8 Å². The topological polar surface area (TPSA) is 71.2 Å². The van der Waals surface area contributed by atoms with E-state index >= 15 is 0 Å². The van der Waals surface area contributed by atoms with Gasteiger partial charge in [0, 0.05) is 11.7 Å². The first-order valence-corrected chi connectivity index (χ1v) is 7.12. The normalized spacial score (nSPS) is 15.8. The van der Waals surface area contributed by atoms with Crippen molar-refractivity contribution in [3.8, 4) is 0 Å². The van der Waals surface area contributed by atoms with Crippen LogP contribution in [0, 0.1) is 19.8 Å². The average molecular weight is 278 g/mol. The van der Waals surface area contributed by atoms with Crippen LogP contribution in [0.2, 0.25) is 0 Å². The maximum Gasteiger partial charge on any atom is 0.340 e. The quantitative estimate of drug-likeness (QED) is 0.812. The van der Waals surface area contributed by atoms with E-state index in [-0.39, 0.29) is 17.9 Å². The number of carbonyl (C=O) groups is 2. The third-order valence-corrected chi connectivity index (χ3v) is 3.83. The molecule has 110 valence electrons. The van der Waals surface area contributed by atoms with Crippen LogP contribution < -0.4 is 5.32 Å². The zero-order valence-electron chi connectivity index (χ0n) is 12.5. The van der Waals surface area contributed by atoms with Crippen LogP contribution in [0.4, 0.5) is 0 Å². The number of hydrogen-bond donors (Lipinski definition) is 2. The van der Waals surface area contributed by atoms with Crippen LogP contribution in [-0.2, 0) is 4.74 Å². The van der Waals surface area contributed by atoms with Crippen LogP contribution in [0.3, 0.4) is 0 Å². The third-order valence-electron chi connectivity index (χ3n) is 3.83. The van der Waals surface area contributed by atoms with E-state index in [0.29, 0.717) is 35.0 Å². The molecule has 0 aliphatic heterocycles. The lowest BCUT2D eigenvalue weighted by Gasteiger charge is -2.12. The second-order valence-electron chi connectivity index (χ2n) is 5.45. The Morgan fingerprint density at radius 1 is 1.40 bits per heavy atom. The summed E-state index contributed by atoms with van der Waals surface area (Å²) in [6.45, 7) is 7.66. The lowest BCUT2D eigenvalue weighted by atomic mass is 10.1. The molecule has 2 N–H and O–H groups in total. The molecule has 1 aliphatic carbocycles. The summed E-state index contributed by atoms with van der Waals surface area (Å²) in [5.41, 5.74) is 2.25. The Morgan fingerprint density at radius 2 is 2.05 bits per heavy atom. The zero-order chi connectivity index (χ0) is 14.9. The van der Waals surface area contributed by atoms with Crippen molar-refractivity contribution in [1.29, 1.82) is 0 Å². The fourth-order valence-corrected chi connectivity index (χ4v) is 2.48. The molecule has 1 aromatic rings. The Morgan fingerprint density at radius 3 is 2.60 bits per heavy atom. The number of ether oxygens (including phenoxy) is 1. The van der Waals surface area contributed by atoms with Crippen molar-refractivity contribution in [2.75, 3.05) is 6.61 Å². The second kappa shape index (κ2) is 5.69. The minimum atomic E-state index is -0.381. The van der Waals surface area contributed by atoms with Gasteiger partial charge >= 0.3 is 5.97 Å². The molecule has 0 bridgehead atoms. The molecule has 1 aromatic heterocycles. The van der Waals surface area contributed by atoms with Gasteiger partial charge in [-0.2, -0.15) is 0 Å². The van der Waals surface area contributed by atoms with Crippen LogP contribution in [0.15, 0.2) is 0 Å². The first kappa shape index (κ1) is 14.6. The number of esters is 1. The predicted molar refractivity (Wildman–Crippen MR) is 75.9 cm³/mol. The molecule has 1 fully saturated rings. The molecule has 0 saturated heterocycles. The second-order valence-corrected chi connectivity index (χ2v) is 5.45. The molecular formula is C15H22N2O3. The highest BCUT2D eigenvalue weighted by atomic mass is 16.5. The molecule has 0 unspecified atom stereocenters. The molecule has 5 nitrogen and oxygen atoms in total. The summed E-state index contributed by atoms with van der Waals surface area (Å²) in [5.74, 6) is 0.0634. The monoisotopic (exact) mass is 278 g/mol. The van der Waals surface area contributed by atoms with Gasteiger partial charge in [0.1, 0.15) is 5.69 Å². The lowest BCUT2D eigenvalue weighted by molar-refractivity contribution is 0.0525. The van der Waals surface area contributed by atoms with Gasteiger partial charge in [-0.1, -0.05) is 0 Å². The number of aromatic nitrogens is 1. The fourth-order valence-electron chi connectivity index (χ4n) is 2.48. The average Bonchev–Trinajstić information content (AvgIpc) is 3.16. The van der Waals surface area contributed by atoms with E-state index in [9.17, 15) is 9.59 Å². The SMILES string of the molecule is CCOC(=O)c1c(C)[nH]c(C(=O)N[C@H](C)C2CC2)c1C. The van der Waals surface area contributed by atoms with Gasteiger partial charge in [0.2, 0.25) is 0 Å². The Kier molecular flexibility index (Phi) is 4.16. The molecule has 1 saturated carbocycles. The van der Waals surface area contributed by atoms with Crippen LogP contribution in [-0.4, -0.2) is 29.5 Å². The number of aromatic amines is 1. The smallest absolute Gasteiger partial charge is 0.340 e. The highest BCUT2D eigenvalue weighted by Gasteiger charge is 2.30. The summed E-state index contributed by atoms with van der Waals surface area (Å²) in [6, 6.07) is 0.177. The molecule has 0 radical (unpaired) electrons. The number of carbonyl (C=O) groups excluding carboxylic acids is 2. The third kappa shape index (κ3) is 2.86. The van der Waals surface area contributed by atoms with Crippen LogP contribution in [0.25, 0.3) is 0 Å². The standard InChI is InChI=1S/C15H22N2O3/c1-5-20-15(19)12-8(2)13(16-10(12)4)14(18)17-9(3)11-6-7-11/h9,11,16H,5-7H2,1-4H3,(H,17,18)/t9-/m1/s1. The number of amides is 1. The van der Waals surface area contributed by atoms with E-state index in [1.807, 2.05) is 6.92 Å². The molecule has 0 aromatic carbocycles. The number of hydrogen-bond acceptors (Lipinski definition) is 3. The predicted octanol–water partition coefficient (Wildman–Crippen LogP) is 2.34. The van der Waals surface area contributed by atoms with E-state index < -0.39 is 0 Å². The number of nitrogens with one attached hydrogen (secondary N) is 2. The summed E-state index contributed by atoms with van der Waals surface area (Å²) < 4.78 is 5.02. The maximum atomic E-state index is 12.3. The lowest BCUT2D eigenvalue weighted by Crippen LogP contribution is -2.34. The number of H-pyrrole nitrogens is 1. The van der Waals surface area contributed by atoms with Crippen molar-refractivity contribution in [3.05, 3.63) is 22.5 Å². The number of aryl methyl sites for hydroxylation is 1. The van der Waals surface area contributed by atoms with Gasteiger partial charge in [-0.3, -0.25) is 4.79 Å². The molecule has 20 heavy (non-hydrogen) atoms. The van der Waals surface area contributed by atoms with Gasteiger partial charge in [-0.05, 0) is 52.0 Å². The van der Waals surface area contributed by atoms with Crippen molar-refractivity contribution >= 4 is 11.9 Å². The van der Waals surface area contributed by atoms with Crippen molar-refractivity contribution < 1.29 is 14.3 Å².